The van der Waals surface area contributed by atoms with Crippen LogP contribution < -0.4 is 5.56 Å². The number of hydrogen-bond acceptors (Lipinski definition) is 5. The van der Waals surface area contributed by atoms with E-state index in [0.717, 1.165) is 0 Å². The number of rotatable bonds is 4. The average Bonchev–Trinajstić information content (AvgIpc) is 3.17. The number of benzene rings is 2. The summed E-state index contributed by atoms with van der Waals surface area (Å²) in [5.74, 6) is 0.367. The number of nitrogens with zero attached hydrogens (tertiary/aromatic N) is 4. The molecule has 0 fully saturated rings. The first-order valence-electron chi connectivity index (χ1n) is 7.83. The van der Waals surface area contributed by atoms with Crippen molar-refractivity contribution < 1.29 is 0 Å². The van der Waals surface area contributed by atoms with Crippen molar-refractivity contribution in [1.82, 2.24) is 24.7 Å². The lowest BCUT2D eigenvalue weighted by Gasteiger charge is -2.15. The fourth-order valence-electron chi connectivity index (χ4n) is 2.64. The fraction of sp³-hybridized carbons (Fsp3) is 0.111. The summed E-state index contributed by atoms with van der Waals surface area (Å²) in [6.45, 7) is 2.09. The van der Waals surface area contributed by atoms with Crippen molar-refractivity contribution in [2.45, 2.75) is 17.3 Å². The Morgan fingerprint density at radius 3 is 2.60 bits per heavy atom. The van der Waals surface area contributed by atoms with Gasteiger partial charge in [-0.1, -0.05) is 54.2 Å². The topological polar surface area (TPSA) is 76.5 Å². The van der Waals surface area contributed by atoms with Crippen LogP contribution in [0.2, 0.25) is 0 Å². The zero-order chi connectivity index (χ0) is 17.2. The first-order chi connectivity index (χ1) is 12.2. The summed E-state index contributed by atoms with van der Waals surface area (Å²) in [4.78, 5) is 21.8. The second kappa shape index (κ2) is 6.52. The molecule has 0 amide bonds. The summed E-state index contributed by atoms with van der Waals surface area (Å²) in [5.41, 5.74) is 1.68. The lowest BCUT2D eigenvalue weighted by atomic mass is 10.2. The Bertz CT molecular complexity index is 1060. The zero-order valence-corrected chi connectivity index (χ0v) is 14.3. The van der Waals surface area contributed by atoms with Gasteiger partial charge in [-0.2, -0.15) is 10.1 Å². The molecule has 0 aliphatic carbocycles. The van der Waals surface area contributed by atoms with Crippen molar-refractivity contribution in [2.75, 3.05) is 0 Å². The predicted molar refractivity (Wildman–Crippen MR) is 98.0 cm³/mol. The number of nitrogens with one attached hydrogen (secondary N) is 1. The highest BCUT2D eigenvalue weighted by atomic mass is 32.2. The van der Waals surface area contributed by atoms with E-state index in [1.165, 1.54) is 28.2 Å². The van der Waals surface area contributed by atoms with E-state index in [-0.39, 0.29) is 10.8 Å². The molecule has 124 valence electrons. The van der Waals surface area contributed by atoms with Gasteiger partial charge in [0.15, 0.2) is 5.16 Å². The molecule has 0 saturated heterocycles. The smallest absolute Gasteiger partial charge is 0.268 e. The number of thioether (sulfide) groups is 1. The van der Waals surface area contributed by atoms with Crippen LogP contribution >= 0.6 is 11.8 Å². The SMILES string of the molecule is C[C@H](Sc1nc2ccccc2c(=O)n1-c1ncn[nH]1)c1ccccc1. The van der Waals surface area contributed by atoms with Crippen LogP contribution in [0.5, 0.6) is 0 Å². The van der Waals surface area contributed by atoms with E-state index < -0.39 is 0 Å². The van der Waals surface area contributed by atoms with Crippen LogP contribution in [-0.4, -0.2) is 24.7 Å². The minimum Gasteiger partial charge on any atom is -0.268 e. The van der Waals surface area contributed by atoms with Gasteiger partial charge >= 0.3 is 0 Å². The molecule has 25 heavy (non-hydrogen) atoms. The Balaban J connectivity index is 1.87. The molecular weight excluding hydrogens is 334 g/mol. The summed E-state index contributed by atoms with van der Waals surface area (Å²) in [7, 11) is 0. The quantitative estimate of drug-likeness (QED) is 0.452. The van der Waals surface area contributed by atoms with Gasteiger partial charge in [-0.25, -0.2) is 14.6 Å². The van der Waals surface area contributed by atoms with Crippen molar-refractivity contribution in [3.05, 3.63) is 76.8 Å². The van der Waals surface area contributed by atoms with E-state index in [2.05, 4.69) is 34.2 Å². The van der Waals surface area contributed by atoms with E-state index in [0.29, 0.717) is 22.0 Å². The number of hydrogen-bond donors (Lipinski definition) is 1. The molecular formula is C18H15N5OS. The van der Waals surface area contributed by atoms with E-state index in [1.807, 2.05) is 36.4 Å². The van der Waals surface area contributed by atoms with Gasteiger partial charge in [0.05, 0.1) is 10.9 Å². The molecule has 1 N–H and O–H groups in total. The summed E-state index contributed by atoms with van der Waals surface area (Å²) in [6.07, 6.45) is 1.38. The molecule has 7 heteroatoms. The van der Waals surface area contributed by atoms with Gasteiger partial charge in [0.2, 0.25) is 5.95 Å². The average molecular weight is 349 g/mol. The molecule has 2 aromatic heterocycles. The van der Waals surface area contributed by atoms with Crippen molar-refractivity contribution in [2.24, 2.45) is 0 Å². The molecule has 0 aliphatic rings. The van der Waals surface area contributed by atoms with E-state index in [1.54, 1.807) is 6.07 Å². The number of aromatic nitrogens is 5. The molecule has 0 bridgehead atoms. The molecule has 1 atom stereocenters. The zero-order valence-electron chi connectivity index (χ0n) is 13.5. The van der Waals surface area contributed by atoms with Crippen LogP contribution in [0.25, 0.3) is 16.9 Å². The third kappa shape index (κ3) is 2.94. The van der Waals surface area contributed by atoms with Crippen LogP contribution in [0.1, 0.15) is 17.7 Å². The monoisotopic (exact) mass is 349 g/mol. The normalized spacial score (nSPS) is 12.4. The van der Waals surface area contributed by atoms with Gasteiger partial charge in [-0.3, -0.25) is 4.79 Å². The second-order valence-electron chi connectivity index (χ2n) is 5.53. The van der Waals surface area contributed by atoms with Crippen LogP contribution in [0.3, 0.4) is 0 Å². The summed E-state index contributed by atoms with van der Waals surface area (Å²) < 4.78 is 1.49. The number of aromatic amines is 1. The van der Waals surface area contributed by atoms with Gasteiger partial charge < -0.3 is 0 Å². The molecule has 6 nitrogen and oxygen atoms in total. The molecule has 4 aromatic rings. The summed E-state index contributed by atoms with van der Waals surface area (Å²) in [6, 6.07) is 17.4. The van der Waals surface area contributed by atoms with Crippen LogP contribution in [0.4, 0.5) is 0 Å². The van der Waals surface area contributed by atoms with E-state index in [4.69, 9.17) is 4.98 Å². The van der Waals surface area contributed by atoms with E-state index >= 15 is 0 Å². The molecule has 0 aliphatic heterocycles. The number of para-hydroxylation sites is 1. The van der Waals surface area contributed by atoms with Gasteiger partial charge in [0.1, 0.15) is 6.33 Å². The minimum atomic E-state index is -0.162. The van der Waals surface area contributed by atoms with Crippen molar-refractivity contribution in [3.8, 4) is 5.95 Å². The van der Waals surface area contributed by atoms with Gasteiger partial charge in [0.25, 0.3) is 5.56 Å². The Morgan fingerprint density at radius 2 is 1.84 bits per heavy atom. The maximum Gasteiger partial charge on any atom is 0.269 e. The predicted octanol–water partition coefficient (Wildman–Crippen LogP) is 3.36. The first kappa shape index (κ1) is 15.6. The Labute approximate surface area is 148 Å². The van der Waals surface area contributed by atoms with E-state index in [9.17, 15) is 4.79 Å². The third-order valence-electron chi connectivity index (χ3n) is 3.91. The van der Waals surface area contributed by atoms with Gasteiger partial charge in [0, 0.05) is 5.25 Å². The van der Waals surface area contributed by atoms with Crippen molar-refractivity contribution in [3.63, 3.8) is 0 Å². The molecule has 2 heterocycles. The lowest BCUT2D eigenvalue weighted by Crippen LogP contribution is -2.23. The lowest BCUT2D eigenvalue weighted by molar-refractivity contribution is 0.768. The molecule has 0 saturated carbocycles. The Morgan fingerprint density at radius 1 is 1.08 bits per heavy atom. The molecule has 0 spiro atoms. The fourth-order valence-corrected chi connectivity index (χ4v) is 3.67. The molecule has 4 rings (SSSR count). The maximum atomic E-state index is 13.0. The second-order valence-corrected chi connectivity index (χ2v) is 6.84. The minimum absolute atomic E-state index is 0.128. The van der Waals surface area contributed by atoms with Crippen LogP contribution in [0.15, 0.2) is 70.9 Å². The Kier molecular flexibility index (Phi) is 4.07. The van der Waals surface area contributed by atoms with Gasteiger partial charge in [-0.15, -0.1) is 0 Å². The first-order valence-corrected chi connectivity index (χ1v) is 8.71. The third-order valence-corrected chi connectivity index (χ3v) is 5.02. The highest BCUT2D eigenvalue weighted by Gasteiger charge is 2.18. The standard InChI is InChI=1S/C18H15N5OS/c1-12(13-7-3-2-4-8-13)25-18-21-15-10-6-5-9-14(15)16(24)23(18)17-19-11-20-22-17/h2-12H,1H3,(H,19,20,22)/t12-/m0/s1. The highest BCUT2D eigenvalue weighted by Crippen LogP contribution is 2.34. The summed E-state index contributed by atoms with van der Waals surface area (Å²) in [5, 5.41) is 7.89. The van der Waals surface area contributed by atoms with Gasteiger partial charge in [-0.05, 0) is 24.6 Å². The van der Waals surface area contributed by atoms with Crippen molar-refractivity contribution >= 4 is 22.7 Å². The van der Waals surface area contributed by atoms with Crippen molar-refractivity contribution in [1.29, 1.82) is 0 Å². The molecule has 0 radical (unpaired) electrons. The van der Waals surface area contributed by atoms with Crippen LogP contribution in [-0.2, 0) is 0 Å². The molecule has 0 unspecified atom stereocenters. The Hall–Kier alpha value is -2.93. The van der Waals surface area contributed by atoms with Crippen LogP contribution in [0, 0.1) is 0 Å². The summed E-state index contributed by atoms with van der Waals surface area (Å²) >= 11 is 1.51. The maximum absolute atomic E-state index is 13.0. The number of fused-ring (bicyclic) bond motifs is 1. The number of H-pyrrole nitrogens is 1. The largest absolute Gasteiger partial charge is 0.269 e. The highest BCUT2D eigenvalue weighted by molar-refractivity contribution is 7.99. The molecule has 2 aromatic carbocycles.